The monoisotopic (exact) mass is 249 g/mol. The second-order valence-corrected chi connectivity index (χ2v) is 4.82. The zero-order valence-corrected chi connectivity index (χ0v) is 11.4. The number of aromatic nitrogens is 1. The Bertz CT molecular complexity index is 368. The molecule has 1 fully saturated rings. The third-order valence-corrected chi connectivity index (χ3v) is 3.34. The Morgan fingerprint density at radius 3 is 3.17 bits per heavy atom. The summed E-state index contributed by atoms with van der Waals surface area (Å²) in [6, 6.07) is 6.18. The lowest BCUT2D eigenvalue weighted by atomic mass is 9.99. The highest BCUT2D eigenvalue weighted by Crippen LogP contribution is 2.22. The number of hydrogen-bond acceptors (Lipinski definition) is 4. The van der Waals surface area contributed by atoms with Gasteiger partial charge in [-0.25, -0.2) is 4.98 Å². The number of pyridine rings is 1. The molecule has 4 heteroatoms. The first-order valence-electron chi connectivity index (χ1n) is 6.78. The molecule has 0 amide bonds. The number of hydrogen-bond donors (Lipinski definition) is 1. The Balaban J connectivity index is 2.03. The Hall–Kier alpha value is -1.29. The minimum Gasteiger partial charge on any atom is -0.384 e. The third kappa shape index (κ3) is 3.35. The average Bonchev–Trinajstić information content (AvgIpc) is 2.40. The van der Waals surface area contributed by atoms with Gasteiger partial charge < -0.3 is 15.0 Å². The molecule has 100 valence electrons. The highest BCUT2D eigenvalue weighted by molar-refractivity contribution is 5.47. The molecular formula is C14H23N3O. The van der Waals surface area contributed by atoms with Gasteiger partial charge in [0.15, 0.2) is 0 Å². The van der Waals surface area contributed by atoms with Crippen molar-refractivity contribution in [2.45, 2.75) is 19.8 Å². The third-order valence-electron chi connectivity index (χ3n) is 3.34. The maximum absolute atomic E-state index is 5.27. The molecule has 2 rings (SSSR count). The summed E-state index contributed by atoms with van der Waals surface area (Å²) >= 11 is 0. The van der Waals surface area contributed by atoms with Crippen molar-refractivity contribution in [1.29, 1.82) is 0 Å². The van der Waals surface area contributed by atoms with Crippen LogP contribution >= 0.6 is 0 Å². The van der Waals surface area contributed by atoms with Crippen molar-refractivity contribution < 1.29 is 4.74 Å². The van der Waals surface area contributed by atoms with Crippen LogP contribution in [0.25, 0.3) is 0 Å². The molecule has 1 aromatic rings. The first kappa shape index (κ1) is 13.1. The molecule has 0 bridgehead atoms. The molecule has 0 spiro atoms. The molecule has 4 nitrogen and oxygen atoms in total. The summed E-state index contributed by atoms with van der Waals surface area (Å²) < 4.78 is 5.27. The van der Waals surface area contributed by atoms with Crippen molar-refractivity contribution in [1.82, 2.24) is 4.98 Å². The second kappa shape index (κ2) is 6.59. The normalized spacial score (nSPS) is 19.9. The van der Waals surface area contributed by atoms with Gasteiger partial charge in [-0.05, 0) is 37.8 Å². The zero-order valence-electron chi connectivity index (χ0n) is 11.4. The molecule has 0 saturated carbocycles. The largest absolute Gasteiger partial charge is 0.384 e. The van der Waals surface area contributed by atoms with Gasteiger partial charge in [0.25, 0.3) is 0 Å². The van der Waals surface area contributed by atoms with Crippen LogP contribution in [-0.4, -0.2) is 38.3 Å². The Morgan fingerprint density at radius 2 is 2.39 bits per heavy atom. The highest BCUT2D eigenvalue weighted by Gasteiger charge is 2.20. The molecule has 2 heterocycles. The molecule has 0 aliphatic carbocycles. The van der Waals surface area contributed by atoms with Crippen LogP contribution in [0.15, 0.2) is 18.2 Å². The summed E-state index contributed by atoms with van der Waals surface area (Å²) in [5, 5.41) is 3.26. The average molecular weight is 249 g/mol. The molecular weight excluding hydrogens is 226 g/mol. The molecule has 1 aliphatic heterocycles. The maximum atomic E-state index is 5.27. The zero-order chi connectivity index (χ0) is 12.8. The smallest absolute Gasteiger partial charge is 0.130 e. The number of ether oxygens (including phenoxy) is 1. The highest BCUT2D eigenvalue weighted by atomic mass is 16.5. The van der Waals surface area contributed by atoms with E-state index in [1.807, 2.05) is 6.07 Å². The van der Waals surface area contributed by atoms with Gasteiger partial charge in [0.1, 0.15) is 11.6 Å². The number of rotatable bonds is 5. The molecule has 1 saturated heterocycles. The van der Waals surface area contributed by atoms with Crippen molar-refractivity contribution in [3.8, 4) is 0 Å². The lowest BCUT2D eigenvalue weighted by Crippen LogP contribution is -2.37. The van der Waals surface area contributed by atoms with Gasteiger partial charge in [0.05, 0.1) is 6.61 Å². The second-order valence-electron chi connectivity index (χ2n) is 4.82. The maximum Gasteiger partial charge on any atom is 0.130 e. The first-order chi connectivity index (χ1) is 8.83. The quantitative estimate of drug-likeness (QED) is 0.869. The molecule has 1 aromatic heterocycles. The molecule has 18 heavy (non-hydrogen) atoms. The van der Waals surface area contributed by atoms with E-state index < -0.39 is 0 Å². The van der Waals surface area contributed by atoms with E-state index in [2.05, 4.69) is 34.3 Å². The number of methoxy groups -OCH3 is 1. The molecule has 1 atom stereocenters. The molecule has 1 aliphatic rings. The van der Waals surface area contributed by atoms with Gasteiger partial charge in [-0.1, -0.05) is 6.07 Å². The summed E-state index contributed by atoms with van der Waals surface area (Å²) in [6.45, 7) is 6.00. The van der Waals surface area contributed by atoms with Crippen LogP contribution < -0.4 is 10.2 Å². The SMILES string of the molecule is CCNc1cccc(N2CCCC(COC)C2)n1. The van der Waals surface area contributed by atoms with Gasteiger partial charge in [-0.3, -0.25) is 0 Å². The minimum absolute atomic E-state index is 0.633. The van der Waals surface area contributed by atoms with Gasteiger partial charge >= 0.3 is 0 Å². The number of nitrogens with one attached hydrogen (secondary N) is 1. The van der Waals surface area contributed by atoms with Crippen LogP contribution in [-0.2, 0) is 4.74 Å². The van der Waals surface area contributed by atoms with Crippen molar-refractivity contribution in [3.05, 3.63) is 18.2 Å². The van der Waals surface area contributed by atoms with Gasteiger partial charge in [0.2, 0.25) is 0 Å². The first-order valence-corrected chi connectivity index (χ1v) is 6.78. The van der Waals surface area contributed by atoms with E-state index in [0.29, 0.717) is 5.92 Å². The van der Waals surface area contributed by atoms with Crippen LogP contribution in [0.3, 0.4) is 0 Å². The summed E-state index contributed by atoms with van der Waals surface area (Å²) in [5.41, 5.74) is 0. The van der Waals surface area contributed by atoms with E-state index in [1.54, 1.807) is 7.11 Å². The van der Waals surface area contributed by atoms with E-state index in [4.69, 9.17) is 4.74 Å². The molecule has 1 unspecified atom stereocenters. The predicted octanol–water partition coefficient (Wildman–Crippen LogP) is 2.38. The Labute approximate surface area is 109 Å². The van der Waals surface area contributed by atoms with E-state index in [1.165, 1.54) is 12.8 Å². The fourth-order valence-electron chi connectivity index (χ4n) is 2.52. The van der Waals surface area contributed by atoms with Crippen LogP contribution in [0, 0.1) is 5.92 Å². The molecule has 0 radical (unpaired) electrons. The van der Waals surface area contributed by atoms with Gasteiger partial charge in [-0.2, -0.15) is 0 Å². The van der Waals surface area contributed by atoms with Gasteiger partial charge in [-0.15, -0.1) is 0 Å². The number of piperidine rings is 1. The topological polar surface area (TPSA) is 37.4 Å². The lowest BCUT2D eigenvalue weighted by Gasteiger charge is -2.33. The van der Waals surface area contributed by atoms with Crippen molar-refractivity contribution in [2.24, 2.45) is 5.92 Å². The minimum atomic E-state index is 0.633. The molecule has 1 N–H and O–H groups in total. The Kier molecular flexibility index (Phi) is 4.81. The lowest BCUT2D eigenvalue weighted by molar-refractivity contribution is 0.143. The molecule has 0 aromatic carbocycles. The van der Waals surface area contributed by atoms with Crippen LogP contribution in [0.5, 0.6) is 0 Å². The van der Waals surface area contributed by atoms with Crippen LogP contribution in [0.4, 0.5) is 11.6 Å². The predicted molar refractivity (Wildman–Crippen MR) is 75.2 cm³/mol. The summed E-state index contributed by atoms with van der Waals surface area (Å²) in [7, 11) is 1.78. The van der Waals surface area contributed by atoms with Crippen molar-refractivity contribution in [2.75, 3.05) is 43.6 Å². The summed E-state index contributed by atoms with van der Waals surface area (Å²) in [6.07, 6.45) is 2.48. The van der Waals surface area contributed by atoms with E-state index >= 15 is 0 Å². The van der Waals surface area contributed by atoms with E-state index in [9.17, 15) is 0 Å². The number of anilines is 2. The van der Waals surface area contributed by atoms with Crippen LogP contribution in [0.2, 0.25) is 0 Å². The van der Waals surface area contributed by atoms with Crippen molar-refractivity contribution >= 4 is 11.6 Å². The fourth-order valence-corrected chi connectivity index (χ4v) is 2.52. The summed E-state index contributed by atoms with van der Waals surface area (Å²) in [5.74, 6) is 2.67. The van der Waals surface area contributed by atoms with Crippen LogP contribution in [0.1, 0.15) is 19.8 Å². The van der Waals surface area contributed by atoms with Gasteiger partial charge in [0, 0.05) is 26.7 Å². The van der Waals surface area contributed by atoms with E-state index in [-0.39, 0.29) is 0 Å². The fraction of sp³-hybridized carbons (Fsp3) is 0.643. The number of nitrogens with zero attached hydrogens (tertiary/aromatic N) is 2. The van der Waals surface area contributed by atoms with Crippen molar-refractivity contribution in [3.63, 3.8) is 0 Å². The summed E-state index contributed by atoms with van der Waals surface area (Å²) in [4.78, 5) is 7.02. The Morgan fingerprint density at radius 1 is 1.50 bits per heavy atom. The van der Waals surface area contributed by atoms with E-state index in [0.717, 1.165) is 37.9 Å². The standard InChI is InChI=1S/C14H23N3O/c1-3-15-13-7-4-8-14(16-13)17-9-5-6-12(10-17)11-18-2/h4,7-8,12H,3,5-6,9-11H2,1-2H3,(H,15,16).